The highest BCUT2D eigenvalue weighted by atomic mass is 16.1. The second kappa shape index (κ2) is 4.00. The zero-order valence-electron chi connectivity index (χ0n) is 9.58. The van der Waals surface area contributed by atoms with Crippen molar-refractivity contribution in [2.24, 2.45) is 5.73 Å². The normalized spacial score (nSPS) is 10.7. The van der Waals surface area contributed by atoms with Crippen LogP contribution in [0, 0.1) is 0 Å². The molecule has 2 heterocycles. The Hall–Kier alpha value is -2.62. The molecule has 1 amide bonds. The van der Waals surface area contributed by atoms with Gasteiger partial charge in [0.1, 0.15) is 5.65 Å². The number of pyridine rings is 1. The van der Waals surface area contributed by atoms with Crippen LogP contribution < -0.4 is 5.73 Å². The predicted octanol–water partition coefficient (Wildman–Crippen LogP) is 2.10. The molecule has 2 N–H and O–H groups in total. The molecule has 0 saturated heterocycles. The van der Waals surface area contributed by atoms with E-state index >= 15 is 0 Å². The summed E-state index contributed by atoms with van der Waals surface area (Å²) < 4.78 is 1.94. The molecule has 0 bridgehead atoms. The lowest BCUT2D eigenvalue weighted by Crippen LogP contribution is -2.10. The molecule has 0 aliphatic rings. The second-order valence-electron chi connectivity index (χ2n) is 4.04. The molecular weight excluding hydrogens is 226 g/mol. The van der Waals surface area contributed by atoms with Gasteiger partial charge in [-0.05, 0) is 24.3 Å². The lowest BCUT2D eigenvalue weighted by molar-refractivity contribution is 0.100. The number of nitrogens with two attached hydrogens (primary N) is 1. The predicted molar refractivity (Wildman–Crippen MR) is 69.1 cm³/mol. The first-order chi connectivity index (χ1) is 8.74. The highest BCUT2D eigenvalue weighted by Crippen LogP contribution is 2.20. The van der Waals surface area contributed by atoms with Gasteiger partial charge in [-0.3, -0.25) is 4.79 Å². The van der Waals surface area contributed by atoms with Crippen molar-refractivity contribution >= 4 is 11.6 Å². The van der Waals surface area contributed by atoms with Crippen molar-refractivity contribution in [1.29, 1.82) is 0 Å². The van der Waals surface area contributed by atoms with E-state index in [9.17, 15) is 4.79 Å². The van der Waals surface area contributed by atoms with Gasteiger partial charge in [-0.1, -0.05) is 18.2 Å². The molecule has 0 spiro atoms. The fourth-order valence-electron chi connectivity index (χ4n) is 1.91. The van der Waals surface area contributed by atoms with Crippen molar-refractivity contribution in [3.05, 3.63) is 60.4 Å². The van der Waals surface area contributed by atoms with E-state index in [1.54, 1.807) is 18.2 Å². The van der Waals surface area contributed by atoms with Crippen LogP contribution in [0.15, 0.2) is 54.9 Å². The molecule has 0 unspecified atom stereocenters. The van der Waals surface area contributed by atoms with Gasteiger partial charge < -0.3 is 10.1 Å². The topological polar surface area (TPSA) is 60.4 Å². The molecule has 88 valence electrons. The van der Waals surface area contributed by atoms with E-state index in [0.717, 1.165) is 16.9 Å². The van der Waals surface area contributed by atoms with Gasteiger partial charge in [0.15, 0.2) is 0 Å². The van der Waals surface area contributed by atoms with E-state index in [2.05, 4.69) is 4.98 Å². The Morgan fingerprint density at radius 3 is 2.83 bits per heavy atom. The van der Waals surface area contributed by atoms with Crippen LogP contribution in [0.25, 0.3) is 16.9 Å². The minimum Gasteiger partial charge on any atom is -0.366 e. The smallest absolute Gasteiger partial charge is 0.248 e. The molecule has 1 aromatic carbocycles. The van der Waals surface area contributed by atoms with Gasteiger partial charge in [-0.15, -0.1) is 0 Å². The molecule has 0 aliphatic heterocycles. The Morgan fingerprint density at radius 2 is 2.06 bits per heavy atom. The fraction of sp³-hybridized carbons (Fsp3) is 0. The summed E-state index contributed by atoms with van der Waals surface area (Å²) in [5.41, 5.74) is 8.34. The van der Waals surface area contributed by atoms with Crippen molar-refractivity contribution in [3.8, 4) is 11.3 Å². The molecule has 4 heteroatoms. The Balaban J connectivity index is 2.13. The number of benzene rings is 1. The Bertz CT molecular complexity index is 697. The van der Waals surface area contributed by atoms with E-state index in [1.807, 2.05) is 41.1 Å². The zero-order chi connectivity index (χ0) is 12.5. The van der Waals surface area contributed by atoms with Crippen LogP contribution >= 0.6 is 0 Å². The van der Waals surface area contributed by atoms with E-state index in [4.69, 9.17) is 5.73 Å². The molecular formula is C14H11N3O. The van der Waals surface area contributed by atoms with Gasteiger partial charge in [0.05, 0.1) is 5.69 Å². The summed E-state index contributed by atoms with van der Waals surface area (Å²) >= 11 is 0. The molecule has 3 aromatic rings. The lowest BCUT2D eigenvalue weighted by atomic mass is 10.1. The molecule has 4 nitrogen and oxygen atoms in total. The summed E-state index contributed by atoms with van der Waals surface area (Å²) in [7, 11) is 0. The molecule has 0 fully saturated rings. The summed E-state index contributed by atoms with van der Waals surface area (Å²) in [6, 6.07) is 13.0. The number of rotatable bonds is 2. The van der Waals surface area contributed by atoms with Crippen LogP contribution in [0.4, 0.5) is 0 Å². The zero-order valence-corrected chi connectivity index (χ0v) is 9.58. The standard InChI is InChI=1S/C14H11N3O/c15-14(18)11-5-3-4-10(8-11)12-9-17-7-2-1-6-13(17)16-12/h1-9H,(H2,15,18). The molecule has 0 saturated carbocycles. The number of hydrogen-bond donors (Lipinski definition) is 1. The van der Waals surface area contributed by atoms with E-state index in [0.29, 0.717) is 5.56 Å². The number of primary amides is 1. The molecule has 0 radical (unpaired) electrons. The number of hydrogen-bond acceptors (Lipinski definition) is 2. The quantitative estimate of drug-likeness (QED) is 0.742. The van der Waals surface area contributed by atoms with Gasteiger partial charge in [0.2, 0.25) is 5.91 Å². The number of carbonyl (C=O) groups is 1. The first-order valence-electron chi connectivity index (χ1n) is 5.58. The maximum absolute atomic E-state index is 11.2. The summed E-state index contributed by atoms with van der Waals surface area (Å²) in [4.78, 5) is 15.6. The Morgan fingerprint density at radius 1 is 1.17 bits per heavy atom. The van der Waals surface area contributed by atoms with E-state index in [1.165, 1.54) is 0 Å². The maximum Gasteiger partial charge on any atom is 0.248 e. The van der Waals surface area contributed by atoms with Crippen LogP contribution in [-0.2, 0) is 0 Å². The van der Waals surface area contributed by atoms with Gasteiger partial charge >= 0.3 is 0 Å². The van der Waals surface area contributed by atoms with Gasteiger partial charge in [0.25, 0.3) is 0 Å². The third-order valence-corrected chi connectivity index (χ3v) is 2.81. The highest BCUT2D eigenvalue weighted by molar-refractivity contribution is 5.94. The van der Waals surface area contributed by atoms with Gasteiger partial charge in [-0.25, -0.2) is 4.98 Å². The third kappa shape index (κ3) is 1.73. The fourth-order valence-corrected chi connectivity index (χ4v) is 1.91. The number of carbonyl (C=O) groups excluding carboxylic acids is 1. The molecule has 3 rings (SSSR count). The molecule has 18 heavy (non-hydrogen) atoms. The number of fused-ring (bicyclic) bond motifs is 1. The minimum atomic E-state index is -0.430. The summed E-state index contributed by atoms with van der Waals surface area (Å²) in [5, 5.41) is 0. The second-order valence-corrected chi connectivity index (χ2v) is 4.04. The number of aromatic nitrogens is 2. The number of nitrogens with zero attached hydrogens (tertiary/aromatic N) is 2. The van der Waals surface area contributed by atoms with Crippen molar-refractivity contribution < 1.29 is 4.79 Å². The Labute approximate surface area is 104 Å². The highest BCUT2D eigenvalue weighted by Gasteiger charge is 2.06. The third-order valence-electron chi connectivity index (χ3n) is 2.81. The van der Waals surface area contributed by atoms with Crippen molar-refractivity contribution in [3.63, 3.8) is 0 Å². The van der Waals surface area contributed by atoms with Crippen LogP contribution in [0.5, 0.6) is 0 Å². The van der Waals surface area contributed by atoms with Crippen LogP contribution in [0.2, 0.25) is 0 Å². The van der Waals surface area contributed by atoms with Crippen molar-refractivity contribution in [2.75, 3.05) is 0 Å². The SMILES string of the molecule is NC(=O)c1cccc(-c2cn3ccccc3n2)c1. The average Bonchev–Trinajstić information content (AvgIpc) is 2.82. The van der Waals surface area contributed by atoms with Crippen LogP contribution in [0.3, 0.4) is 0 Å². The summed E-state index contributed by atoms with van der Waals surface area (Å²) in [6.07, 6.45) is 3.86. The Kier molecular flexibility index (Phi) is 2.34. The van der Waals surface area contributed by atoms with Crippen molar-refractivity contribution in [2.45, 2.75) is 0 Å². The van der Waals surface area contributed by atoms with E-state index in [-0.39, 0.29) is 0 Å². The molecule has 0 atom stereocenters. The summed E-state index contributed by atoms with van der Waals surface area (Å²) in [6.45, 7) is 0. The first-order valence-corrected chi connectivity index (χ1v) is 5.58. The largest absolute Gasteiger partial charge is 0.366 e. The van der Waals surface area contributed by atoms with E-state index < -0.39 is 5.91 Å². The summed E-state index contributed by atoms with van der Waals surface area (Å²) in [5.74, 6) is -0.430. The minimum absolute atomic E-state index is 0.430. The van der Waals surface area contributed by atoms with Gasteiger partial charge in [0, 0.05) is 23.5 Å². The van der Waals surface area contributed by atoms with Crippen molar-refractivity contribution in [1.82, 2.24) is 9.38 Å². The lowest BCUT2D eigenvalue weighted by Gasteiger charge is -1.98. The number of amides is 1. The van der Waals surface area contributed by atoms with Crippen LogP contribution in [0.1, 0.15) is 10.4 Å². The van der Waals surface area contributed by atoms with Gasteiger partial charge in [-0.2, -0.15) is 0 Å². The monoisotopic (exact) mass is 237 g/mol. The average molecular weight is 237 g/mol. The number of imidazole rings is 1. The maximum atomic E-state index is 11.2. The molecule has 2 aromatic heterocycles. The first kappa shape index (κ1) is 10.5. The van der Waals surface area contributed by atoms with Crippen LogP contribution in [-0.4, -0.2) is 15.3 Å². The molecule has 0 aliphatic carbocycles.